The molecule has 0 spiro atoms. The Morgan fingerprint density at radius 2 is 2.17 bits per heavy atom. The second-order valence-corrected chi connectivity index (χ2v) is 4.37. The number of urea groups is 1. The van der Waals surface area contributed by atoms with Gasteiger partial charge in [0.25, 0.3) is 0 Å². The third kappa shape index (κ3) is 5.20. The van der Waals surface area contributed by atoms with E-state index in [1.165, 1.54) is 0 Å². The lowest BCUT2D eigenvalue weighted by atomic mass is 10.1. The molecule has 0 bridgehead atoms. The molecule has 1 fully saturated rings. The van der Waals surface area contributed by atoms with Gasteiger partial charge in [-0.2, -0.15) is 0 Å². The molecule has 0 aromatic rings. The number of hydrogen-bond donors (Lipinski definition) is 3. The van der Waals surface area contributed by atoms with E-state index in [0.717, 1.165) is 19.6 Å². The highest BCUT2D eigenvalue weighted by Crippen LogP contribution is 2.04. The van der Waals surface area contributed by atoms with Crippen LogP contribution in [0.4, 0.5) is 4.79 Å². The molecule has 2 unspecified atom stereocenters. The molecule has 0 saturated carbocycles. The standard InChI is InChI=1S/C11H22N4O2.ClH/c1-4-12-11(17)14-10(16)9(3)15-6-5-13-8(2)7-15;/h8-9,13H,4-7H2,1-3H3,(H2,12,14,16,17);1H. The predicted octanol–water partition coefficient (Wildman–Crippen LogP) is -0.0639. The molecule has 3 N–H and O–H groups in total. The molecule has 1 aliphatic rings. The van der Waals surface area contributed by atoms with E-state index in [2.05, 4.69) is 27.8 Å². The van der Waals surface area contributed by atoms with Crippen molar-refractivity contribution in [2.75, 3.05) is 26.2 Å². The largest absolute Gasteiger partial charge is 0.338 e. The van der Waals surface area contributed by atoms with Gasteiger partial charge in [0.2, 0.25) is 5.91 Å². The maximum Gasteiger partial charge on any atom is 0.321 e. The molecule has 0 aromatic heterocycles. The van der Waals surface area contributed by atoms with Crippen LogP contribution in [0.15, 0.2) is 0 Å². The van der Waals surface area contributed by atoms with Crippen molar-refractivity contribution in [2.45, 2.75) is 32.9 Å². The summed E-state index contributed by atoms with van der Waals surface area (Å²) in [5.74, 6) is -0.245. The van der Waals surface area contributed by atoms with Crippen LogP contribution >= 0.6 is 12.4 Å². The van der Waals surface area contributed by atoms with Gasteiger partial charge in [-0.25, -0.2) is 4.79 Å². The highest BCUT2D eigenvalue weighted by molar-refractivity contribution is 5.96. The van der Waals surface area contributed by atoms with E-state index in [1.807, 2.05) is 13.8 Å². The van der Waals surface area contributed by atoms with Crippen molar-refractivity contribution >= 4 is 24.3 Å². The summed E-state index contributed by atoms with van der Waals surface area (Å²) >= 11 is 0. The summed E-state index contributed by atoms with van der Waals surface area (Å²) in [4.78, 5) is 25.1. The summed E-state index contributed by atoms with van der Waals surface area (Å²) in [5, 5.41) is 8.20. The number of nitrogens with zero attached hydrogens (tertiary/aromatic N) is 1. The number of imide groups is 1. The molecule has 0 aromatic carbocycles. The molecule has 1 heterocycles. The van der Waals surface area contributed by atoms with Gasteiger partial charge in [0.15, 0.2) is 0 Å². The Morgan fingerprint density at radius 3 is 2.72 bits per heavy atom. The van der Waals surface area contributed by atoms with Crippen molar-refractivity contribution in [1.82, 2.24) is 20.9 Å². The molecule has 6 nitrogen and oxygen atoms in total. The molecule has 1 rings (SSSR count). The van der Waals surface area contributed by atoms with Gasteiger partial charge >= 0.3 is 6.03 Å². The van der Waals surface area contributed by atoms with Crippen LogP contribution in [0.3, 0.4) is 0 Å². The first-order valence-electron chi connectivity index (χ1n) is 6.10. The lowest BCUT2D eigenvalue weighted by molar-refractivity contribution is -0.125. The van der Waals surface area contributed by atoms with Gasteiger partial charge < -0.3 is 10.6 Å². The fourth-order valence-corrected chi connectivity index (χ4v) is 1.90. The Hall–Kier alpha value is -0.850. The molecule has 1 aliphatic heterocycles. The number of hydrogen-bond acceptors (Lipinski definition) is 4. The number of carbonyl (C=O) groups excluding carboxylic acids is 2. The Bertz CT molecular complexity index is 288. The topological polar surface area (TPSA) is 73.5 Å². The van der Waals surface area contributed by atoms with Crippen molar-refractivity contribution in [2.24, 2.45) is 0 Å². The van der Waals surface area contributed by atoms with E-state index in [9.17, 15) is 9.59 Å². The van der Waals surface area contributed by atoms with Gasteiger partial charge in [0.1, 0.15) is 0 Å². The van der Waals surface area contributed by atoms with E-state index >= 15 is 0 Å². The Balaban J connectivity index is 0.00000289. The van der Waals surface area contributed by atoms with Crippen molar-refractivity contribution in [3.8, 4) is 0 Å². The lowest BCUT2D eigenvalue weighted by Gasteiger charge is -2.35. The molecular formula is C11H23ClN4O2. The zero-order valence-corrected chi connectivity index (χ0v) is 12.0. The Kier molecular flexibility index (Phi) is 7.90. The van der Waals surface area contributed by atoms with Gasteiger partial charge in [-0.15, -0.1) is 12.4 Å². The number of carbonyl (C=O) groups is 2. The van der Waals surface area contributed by atoms with Gasteiger partial charge in [-0.05, 0) is 20.8 Å². The van der Waals surface area contributed by atoms with Gasteiger partial charge in [0, 0.05) is 32.2 Å². The summed E-state index contributed by atoms with van der Waals surface area (Å²) < 4.78 is 0. The first-order valence-corrected chi connectivity index (χ1v) is 6.10. The molecule has 0 radical (unpaired) electrons. The van der Waals surface area contributed by atoms with E-state index in [1.54, 1.807) is 0 Å². The third-order valence-electron chi connectivity index (χ3n) is 2.90. The molecule has 18 heavy (non-hydrogen) atoms. The summed E-state index contributed by atoms with van der Waals surface area (Å²) in [5.41, 5.74) is 0. The minimum atomic E-state index is -0.424. The maximum atomic E-state index is 11.8. The summed E-state index contributed by atoms with van der Waals surface area (Å²) in [6, 6.07) is -0.321. The highest BCUT2D eigenvalue weighted by Gasteiger charge is 2.26. The fourth-order valence-electron chi connectivity index (χ4n) is 1.90. The fraction of sp³-hybridized carbons (Fsp3) is 0.818. The molecule has 1 saturated heterocycles. The van der Waals surface area contributed by atoms with Crippen LogP contribution in [0, 0.1) is 0 Å². The average Bonchev–Trinajstić information content (AvgIpc) is 2.28. The van der Waals surface area contributed by atoms with Gasteiger partial charge in [-0.1, -0.05) is 0 Å². The van der Waals surface area contributed by atoms with Crippen LogP contribution in [0.5, 0.6) is 0 Å². The molecule has 0 aliphatic carbocycles. The van der Waals surface area contributed by atoms with Crippen molar-refractivity contribution < 1.29 is 9.59 Å². The second kappa shape index (κ2) is 8.29. The number of piperazine rings is 1. The lowest BCUT2D eigenvalue weighted by Crippen LogP contribution is -2.57. The number of halogens is 1. The minimum Gasteiger partial charge on any atom is -0.338 e. The molecule has 7 heteroatoms. The van der Waals surface area contributed by atoms with Crippen LogP contribution in [0.25, 0.3) is 0 Å². The van der Waals surface area contributed by atoms with E-state index < -0.39 is 6.03 Å². The van der Waals surface area contributed by atoms with Gasteiger partial charge in [0.05, 0.1) is 6.04 Å². The molecule has 2 atom stereocenters. The molecule has 3 amide bonds. The van der Waals surface area contributed by atoms with E-state index in [0.29, 0.717) is 12.6 Å². The van der Waals surface area contributed by atoms with Crippen molar-refractivity contribution in [3.05, 3.63) is 0 Å². The molecule has 106 valence electrons. The number of nitrogens with one attached hydrogen (secondary N) is 3. The average molecular weight is 279 g/mol. The molecular weight excluding hydrogens is 256 g/mol. The smallest absolute Gasteiger partial charge is 0.321 e. The zero-order valence-electron chi connectivity index (χ0n) is 11.2. The SMILES string of the molecule is CCNC(=O)NC(=O)C(C)N1CCNC(C)C1.Cl. The predicted molar refractivity (Wildman–Crippen MR) is 73.0 cm³/mol. The Labute approximate surface area is 114 Å². The second-order valence-electron chi connectivity index (χ2n) is 4.37. The van der Waals surface area contributed by atoms with Crippen LogP contribution in [-0.2, 0) is 4.79 Å². The monoisotopic (exact) mass is 278 g/mol. The number of amides is 3. The summed E-state index contributed by atoms with van der Waals surface area (Å²) in [7, 11) is 0. The zero-order chi connectivity index (χ0) is 12.8. The Morgan fingerprint density at radius 1 is 1.50 bits per heavy atom. The summed E-state index contributed by atoms with van der Waals surface area (Å²) in [6.45, 7) is 8.76. The third-order valence-corrected chi connectivity index (χ3v) is 2.90. The van der Waals surface area contributed by atoms with Crippen LogP contribution in [0.2, 0.25) is 0 Å². The highest BCUT2D eigenvalue weighted by atomic mass is 35.5. The first kappa shape index (κ1) is 17.2. The summed E-state index contributed by atoms with van der Waals surface area (Å²) in [6.07, 6.45) is 0. The number of rotatable bonds is 3. The van der Waals surface area contributed by atoms with E-state index in [-0.39, 0.29) is 24.4 Å². The van der Waals surface area contributed by atoms with Crippen molar-refractivity contribution in [1.29, 1.82) is 0 Å². The van der Waals surface area contributed by atoms with Crippen molar-refractivity contribution in [3.63, 3.8) is 0 Å². The maximum absolute atomic E-state index is 11.8. The quantitative estimate of drug-likeness (QED) is 0.676. The first-order chi connectivity index (χ1) is 8.04. The van der Waals surface area contributed by atoms with Crippen LogP contribution in [-0.4, -0.2) is 55.1 Å². The normalized spacial score (nSPS) is 21.6. The van der Waals surface area contributed by atoms with E-state index in [4.69, 9.17) is 0 Å². The minimum absolute atomic E-state index is 0. The van der Waals surface area contributed by atoms with Gasteiger partial charge in [-0.3, -0.25) is 15.0 Å². The van der Waals surface area contributed by atoms with Crippen LogP contribution < -0.4 is 16.0 Å². The van der Waals surface area contributed by atoms with Crippen LogP contribution in [0.1, 0.15) is 20.8 Å².